The molecule has 0 atom stereocenters. The second kappa shape index (κ2) is 9.26. The first-order valence-electron chi connectivity index (χ1n) is 9.74. The minimum atomic E-state index is -0.401. The molecule has 1 aliphatic heterocycles. The van der Waals surface area contributed by atoms with Gasteiger partial charge in [-0.3, -0.25) is 9.69 Å². The van der Waals surface area contributed by atoms with Crippen LogP contribution in [0.2, 0.25) is 5.02 Å². The number of fused-ring (bicyclic) bond motifs is 1. The molecule has 4 rings (SSSR count). The number of amides is 1. The van der Waals surface area contributed by atoms with Crippen LogP contribution in [0.25, 0.3) is 10.8 Å². The molecule has 0 aromatic heterocycles. The number of rotatable bonds is 5. The first kappa shape index (κ1) is 20.3. The van der Waals surface area contributed by atoms with Crippen molar-refractivity contribution in [3.8, 4) is 5.75 Å². The predicted octanol–water partition coefficient (Wildman–Crippen LogP) is 3.79. The quantitative estimate of drug-likeness (QED) is 0.483. The monoisotopic (exact) mass is 423 g/mol. The summed E-state index contributed by atoms with van der Waals surface area (Å²) in [5.41, 5.74) is 5.00. The third kappa shape index (κ3) is 4.62. The van der Waals surface area contributed by atoms with Crippen molar-refractivity contribution in [2.75, 3.05) is 26.3 Å². The van der Waals surface area contributed by atoms with Crippen LogP contribution in [0, 0.1) is 0 Å². The topological polar surface area (TPSA) is 74.2 Å². The molecule has 0 aliphatic carbocycles. The molecule has 0 saturated carbocycles. The number of carbonyl (C=O) groups is 1. The van der Waals surface area contributed by atoms with E-state index in [1.165, 1.54) is 29.1 Å². The molecular weight excluding hydrogens is 402 g/mol. The number of nitrogens with zero attached hydrogens (tertiary/aromatic N) is 2. The molecular formula is C23H22ClN3O3. The fraction of sp³-hybridized carbons (Fsp3) is 0.217. The standard InChI is InChI=1S/C23H22ClN3O3/c24-21-13-16(7-8-22(21)28)23(29)26-25-14-17-3-1-6-20-18(4-2-5-19(17)20)15-27-9-11-30-12-10-27/h1-8,13-14,28H,9-12,15H2,(H,26,29). The van der Waals surface area contributed by atoms with E-state index in [0.29, 0.717) is 5.56 Å². The van der Waals surface area contributed by atoms with E-state index >= 15 is 0 Å². The molecule has 1 heterocycles. The van der Waals surface area contributed by atoms with Crippen LogP contribution in [0.15, 0.2) is 59.7 Å². The molecule has 3 aromatic rings. The van der Waals surface area contributed by atoms with Crippen molar-refractivity contribution >= 4 is 34.5 Å². The lowest BCUT2D eigenvalue weighted by molar-refractivity contribution is 0.0343. The number of halogens is 1. The summed E-state index contributed by atoms with van der Waals surface area (Å²) in [6, 6.07) is 16.6. The predicted molar refractivity (Wildman–Crippen MR) is 118 cm³/mol. The molecule has 3 aromatic carbocycles. The van der Waals surface area contributed by atoms with Gasteiger partial charge in [0, 0.05) is 30.8 Å². The maximum Gasteiger partial charge on any atom is 0.271 e. The zero-order chi connectivity index (χ0) is 20.9. The van der Waals surface area contributed by atoms with Gasteiger partial charge < -0.3 is 9.84 Å². The number of benzene rings is 3. The lowest BCUT2D eigenvalue weighted by Gasteiger charge is -2.27. The van der Waals surface area contributed by atoms with Crippen LogP contribution in [-0.2, 0) is 11.3 Å². The van der Waals surface area contributed by atoms with Gasteiger partial charge in [-0.15, -0.1) is 0 Å². The number of hydrazone groups is 1. The number of aromatic hydroxyl groups is 1. The van der Waals surface area contributed by atoms with Gasteiger partial charge in [0.25, 0.3) is 5.91 Å². The van der Waals surface area contributed by atoms with E-state index in [2.05, 4.69) is 33.6 Å². The molecule has 1 fully saturated rings. The molecule has 0 bridgehead atoms. The van der Waals surface area contributed by atoms with Gasteiger partial charge in [0.2, 0.25) is 0 Å². The highest BCUT2D eigenvalue weighted by Gasteiger charge is 2.13. The zero-order valence-corrected chi connectivity index (χ0v) is 17.1. The van der Waals surface area contributed by atoms with Crippen LogP contribution >= 0.6 is 11.6 Å². The number of ether oxygens (including phenoxy) is 1. The van der Waals surface area contributed by atoms with Gasteiger partial charge in [0.1, 0.15) is 5.75 Å². The van der Waals surface area contributed by atoms with Crippen molar-refractivity contribution in [2.45, 2.75) is 6.54 Å². The summed E-state index contributed by atoms with van der Waals surface area (Å²) in [5, 5.41) is 16.0. The van der Waals surface area contributed by atoms with Crippen molar-refractivity contribution in [3.63, 3.8) is 0 Å². The van der Waals surface area contributed by atoms with Crippen LogP contribution < -0.4 is 5.43 Å². The van der Waals surface area contributed by atoms with Crippen LogP contribution in [0.1, 0.15) is 21.5 Å². The highest BCUT2D eigenvalue weighted by Crippen LogP contribution is 2.24. The van der Waals surface area contributed by atoms with E-state index in [9.17, 15) is 9.90 Å². The Kier molecular flexibility index (Phi) is 6.28. The SMILES string of the molecule is O=C(NN=Cc1cccc2c(CN3CCOCC3)cccc12)c1ccc(O)c(Cl)c1. The fourth-order valence-electron chi connectivity index (χ4n) is 3.52. The summed E-state index contributed by atoms with van der Waals surface area (Å²) in [7, 11) is 0. The van der Waals surface area contributed by atoms with Crippen LogP contribution in [0.4, 0.5) is 0 Å². The smallest absolute Gasteiger partial charge is 0.271 e. The second-order valence-corrected chi connectivity index (χ2v) is 7.52. The molecule has 6 nitrogen and oxygen atoms in total. The summed E-state index contributed by atoms with van der Waals surface area (Å²) in [6.45, 7) is 4.29. The van der Waals surface area contributed by atoms with E-state index in [0.717, 1.165) is 43.8 Å². The average molecular weight is 424 g/mol. The van der Waals surface area contributed by atoms with Crippen LogP contribution in [-0.4, -0.2) is 48.4 Å². The fourth-order valence-corrected chi connectivity index (χ4v) is 3.70. The van der Waals surface area contributed by atoms with E-state index in [-0.39, 0.29) is 10.8 Å². The molecule has 154 valence electrons. The third-order valence-electron chi connectivity index (χ3n) is 5.12. The van der Waals surface area contributed by atoms with Gasteiger partial charge in [-0.05, 0) is 34.5 Å². The number of hydrogen-bond acceptors (Lipinski definition) is 5. The maximum absolute atomic E-state index is 12.3. The summed E-state index contributed by atoms with van der Waals surface area (Å²) < 4.78 is 5.44. The molecule has 0 unspecified atom stereocenters. The van der Waals surface area contributed by atoms with Crippen molar-refractivity contribution in [1.29, 1.82) is 0 Å². The molecule has 1 saturated heterocycles. The van der Waals surface area contributed by atoms with E-state index < -0.39 is 5.91 Å². The number of phenolic OH excluding ortho intramolecular Hbond substituents is 1. The normalized spacial score (nSPS) is 15.0. The van der Waals surface area contributed by atoms with Crippen LogP contribution in [0.3, 0.4) is 0 Å². The van der Waals surface area contributed by atoms with Gasteiger partial charge in [-0.1, -0.05) is 48.0 Å². The van der Waals surface area contributed by atoms with Gasteiger partial charge in [-0.25, -0.2) is 5.43 Å². The highest BCUT2D eigenvalue weighted by molar-refractivity contribution is 6.32. The lowest BCUT2D eigenvalue weighted by Crippen LogP contribution is -2.35. The molecule has 30 heavy (non-hydrogen) atoms. The zero-order valence-electron chi connectivity index (χ0n) is 16.3. The van der Waals surface area contributed by atoms with E-state index in [4.69, 9.17) is 16.3 Å². The number of carbonyl (C=O) groups excluding carboxylic acids is 1. The first-order valence-corrected chi connectivity index (χ1v) is 10.1. The van der Waals surface area contributed by atoms with Crippen LogP contribution in [0.5, 0.6) is 5.75 Å². The van der Waals surface area contributed by atoms with Gasteiger partial charge in [0.15, 0.2) is 0 Å². The Hall–Kier alpha value is -2.93. The summed E-state index contributed by atoms with van der Waals surface area (Å²) in [5.74, 6) is -0.471. The lowest BCUT2D eigenvalue weighted by atomic mass is 10.00. The van der Waals surface area contributed by atoms with Gasteiger partial charge in [0.05, 0.1) is 24.5 Å². The number of morpholine rings is 1. The minimum Gasteiger partial charge on any atom is -0.506 e. The Morgan fingerprint density at radius 1 is 1.13 bits per heavy atom. The molecule has 0 radical (unpaired) electrons. The molecule has 7 heteroatoms. The van der Waals surface area contributed by atoms with Crippen molar-refractivity contribution in [3.05, 3.63) is 76.3 Å². The summed E-state index contributed by atoms with van der Waals surface area (Å²) >= 11 is 5.86. The Morgan fingerprint density at radius 2 is 1.90 bits per heavy atom. The molecule has 2 N–H and O–H groups in total. The number of nitrogens with one attached hydrogen (secondary N) is 1. The van der Waals surface area contributed by atoms with E-state index in [1.54, 1.807) is 6.21 Å². The van der Waals surface area contributed by atoms with E-state index in [1.807, 2.05) is 18.2 Å². The average Bonchev–Trinajstić information content (AvgIpc) is 2.77. The molecule has 0 spiro atoms. The Balaban J connectivity index is 1.51. The largest absolute Gasteiger partial charge is 0.506 e. The van der Waals surface area contributed by atoms with Gasteiger partial charge >= 0.3 is 0 Å². The molecule has 1 amide bonds. The second-order valence-electron chi connectivity index (χ2n) is 7.11. The van der Waals surface area contributed by atoms with Crippen molar-refractivity contribution in [2.24, 2.45) is 5.10 Å². The summed E-state index contributed by atoms with van der Waals surface area (Å²) in [6.07, 6.45) is 1.64. The first-order chi connectivity index (χ1) is 14.6. The van der Waals surface area contributed by atoms with Crippen molar-refractivity contribution < 1.29 is 14.6 Å². The minimum absolute atomic E-state index is 0.0691. The highest BCUT2D eigenvalue weighted by atomic mass is 35.5. The Morgan fingerprint density at radius 3 is 2.70 bits per heavy atom. The third-order valence-corrected chi connectivity index (χ3v) is 5.43. The maximum atomic E-state index is 12.3. The molecule has 1 aliphatic rings. The number of phenols is 1. The van der Waals surface area contributed by atoms with Gasteiger partial charge in [-0.2, -0.15) is 5.10 Å². The number of hydrogen-bond donors (Lipinski definition) is 2. The van der Waals surface area contributed by atoms with Crippen molar-refractivity contribution in [1.82, 2.24) is 10.3 Å². The Labute approximate surface area is 179 Å². The summed E-state index contributed by atoms with van der Waals surface area (Å²) in [4.78, 5) is 14.6. The Bertz CT molecular complexity index is 1090.